The first-order valence-corrected chi connectivity index (χ1v) is 7.40. The van der Waals surface area contributed by atoms with Gasteiger partial charge in [-0.25, -0.2) is 9.10 Å². The van der Waals surface area contributed by atoms with Crippen molar-refractivity contribution in [1.82, 2.24) is 19.9 Å². The van der Waals surface area contributed by atoms with Gasteiger partial charge in [0.05, 0.1) is 5.92 Å². The second-order valence-corrected chi connectivity index (χ2v) is 5.92. The molecule has 3 N–H and O–H groups in total. The zero-order valence-corrected chi connectivity index (χ0v) is 12.5. The summed E-state index contributed by atoms with van der Waals surface area (Å²) in [6.45, 7) is 0.948. The topological polar surface area (TPSA) is 112 Å². The predicted molar refractivity (Wildman–Crippen MR) is 78.8 cm³/mol. The molecular weight excluding hydrogens is 308 g/mol. The van der Waals surface area contributed by atoms with Gasteiger partial charge in [0.2, 0.25) is 12.3 Å². The zero-order valence-electron chi connectivity index (χ0n) is 11.6. The van der Waals surface area contributed by atoms with Crippen LogP contribution in [-0.2, 0) is 14.4 Å². The van der Waals surface area contributed by atoms with Crippen molar-refractivity contribution in [3.63, 3.8) is 0 Å². The Balaban J connectivity index is 1.76. The van der Waals surface area contributed by atoms with E-state index in [-0.39, 0.29) is 18.4 Å². The Bertz CT molecular complexity index is 536. The van der Waals surface area contributed by atoms with Gasteiger partial charge in [0.25, 0.3) is 0 Å². The van der Waals surface area contributed by atoms with Crippen LogP contribution in [-0.4, -0.2) is 58.4 Å². The third kappa shape index (κ3) is 4.43. The molecule has 0 radical (unpaired) electrons. The third-order valence-corrected chi connectivity index (χ3v) is 4.12. The lowest BCUT2D eigenvalue weighted by Crippen LogP contribution is -2.55. The second-order valence-electron chi connectivity index (χ2n) is 4.75. The zero-order chi connectivity index (χ0) is 15.9. The highest BCUT2D eigenvalue weighted by molar-refractivity contribution is 7.97. The minimum Gasteiger partial charge on any atom is -0.480 e. The lowest BCUT2D eigenvalue weighted by molar-refractivity contribution is -0.143. The number of rotatable bonds is 8. The number of pyridine rings is 1. The molecule has 0 aliphatic carbocycles. The van der Waals surface area contributed by atoms with Crippen LogP contribution in [0.25, 0.3) is 0 Å². The van der Waals surface area contributed by atoms with Gasteiger partial charge in [-0.2, -0.15) is 0 Å². The number of carbonyl (C=O) groups excluding carboxylic acids is 2. The van der Waals surface area contributed by atoms with E-state index >= 15 is 0 Å². The number of nitrogens with one attached hydrogen (secondary N) is 2. The molecule has 1 aliphatic rings. The number of carboxylic acids is 1. The van der Waals surface area contributed by atoms with Crippen molar-refractivity contribution in [3.8, 4) is 0 Å². The summed E-state index contributed by atoms with van der Waals surface area (Å²) in [5.41, 5.74) is 0. The van der Waals surface area contributed by atoms with Gasteiger partial charge < -0.3 is 15.7 Å². The summed E-state index contributed by atoms with van der Waals surface area (Å²) in [5.74, 6) is -1.74. The van der Waals surface area contributed by atoms with E-state index < -0.39 is 12.0 Å². The normalized spacial score (nSPS) is 16.4. The highest BCUT2D eigenvalue weighted by Crippen LogP contribution is 2.29. The molecule has 1 aromatic heterocycles. The van der Waals surface area contributed by atoms with Gasteiger partial charge in [0.15, 0.2) is 0 Å². The molecule has 1 aliphatic heterocycles. The Labute approximate surface area is 131 Å². The molecule has 1 unspecified atom stereocenters. The van der Waals surface area contributed by atoms with Crippen molar-refractivity contribution in [2.45, 2.75) is 10.9 Å². The number of aliphatic carboxylic acids is 1. The lowest BCUT2D eigenvalue weighted by atomic mass is 10.0. The Kier molecular flexibility index (Phi) is 5.73. The van der Waals surface area contributed by atoms with Crippen LogP contribution in [0.1, 0.15) is 0 Å². The van der Waals surface area contributed by atoms with Gasteiger partial charge in [-0.05, 0) is 24.1 Å². The van der Waals surface area contributed by atoms with E-state index in [1.807, 2.05) is 16.4 Å². The SMILES string of the molecule is O=CNCC(NC(=O)C1CN(Sc2cccnc2)C1)C(=O)O. The van der Waals surface area contributed by atoms with E-state index in [0.717, 1.165) is 4.90 Å². The molecule has 22 heavy (non-hydrogen) atoms. The van der Waals surface area contributed by atoms with Gasteiger partial charge >= 0.3 is 5.97 Å². The van der Waals surface area contributed by atoms with Crippen molar-refractivity contribution in [1.29, 1.82) is 0 Å². The molecule has 118 valence electrons. The van der Waals surface area contributed by atoms with Crippen LogP contribution in [0.4, 0.5) is 0 Å². The van der Waals surface area contributed by atoms with Gasteiger partial charge in [-0.3, -0.25) is 14.6 Å². The lowest BCUT2D eigenvalue weighted by Gasteiger charge is -2.37. The summed E-state index contributed by atoms with van der Waals surface area (Å²) in [4.78, 5) is 38.1. The first kappa shape index (κ1) is 16.2. The van der Waals surface area contributed by atoms with Gasteiger partial charge in [-0.15, -0.1) is 0 Å². The minimum atomic E-state index is -1.18. The molecule has 1 aromatic rings. The molecule has 8 nitrogen and oxygen atoms in total. The number of amides is 2. The van der Waals surface area contributed by atoms with Crippen LogP contribution in [0.15, 0.2) is 29.4 Å². The standard InChI is InChI=1S/C13H16N4O4S/c18-8-15-5-11(13(20)21)16-12(19)9-6-17(7-9)22-10-2-1-3-14-4-10/h1-4,8-9,11H,5-7H2,(H,15,18)(H,16,19)(H,20,21). The highest BCUT2D eigenvalue weighted by Gasteiger charge is 2.35. The molecule has 9 heteroatoms. The van der Waals surface area contributed by atoms with Crippen molar-refractivity contribution < 1.29 is 19.5 Å². The van der Waals surface area contributed by atoms with Crippen LogP contribution >= 0.6 is 11.9 Å². The summed E-state index contributed by atoms with van der Waals surface area (Å²) >= 11 is 1.51. The number of carboxylic acid groups (broad SMARTS) is 1. The fourth-order valence-electron chi connectivity index (χ4n) is 1.88. The third-order valence-electron chi connectivity index (χ3n) is 3.11. The fourth-order valence-corrected chi connectivity index (χ4v) is 2.94. The Hall–Kier alpha value is -2.13. The van der Waals surface area contributed by atoms with E-state index in [9.17, 15) is 14.4 Å². The largest absolute Gasteiger partial charge is 0.480 e. The monoisotopic (exact) mass is 324 g/mol. The Morgan fingerprint density at radius 1 is 1.55 bits per heavy atom. The average molecular weight is 324 g/mol. The molecule has 1 saturated heterocycles. The molecule has 2 amide bonds. The van der Waals surface area contributed by atoms with E-state index in [4.69, 9.17) is 5.11 Å². The number of carbonyl (C=O) groups is 3. The summed E-state index contributed by atoms with van der Waals surface area (Å²) in [6.07, 6.45) is 3.83. The minimum absolute atomic E-state index is 0.133. The van der Waals surface area contributed by atoms with Crippen LogP contribution in [0.5, 0.6) is 0 Å². The van der Waals surface area contributed by atoms with E-state index in [1.54, 1.807) is 12.4 Å². The predicted octanol–water partition coefficient (Wildman–Crippen LogP) is -0.664. The van der Waals surface area contributed by atoms with Crippen molar-refractivity contribution in [3.05, 3.63) is 24.5 Å². The van der Waals surface area contributed by atoms with Crippen LogP contribution < -0.4 is 10.6 Å². The van der Waals surface area contributed by atoms with Crippen LogP contribution in [0, 0.1) is 5.92 Å². The quantitative estimate of drug-likeness (QED) is 0.430. The molecule has 2 rings (SSSR count). The number of nitrogens with zero attached hydrogens (tertiary/aromatic N) is 2. The Morgan fingerprint density at radius 2 is 2.32 bits per heavy atom. The second kappa shape index (κ2) is 7.76. The number of hydrogen-bond donors (Lipinski definition) is 3. The smallest absolute Gasteiger partial charge is 0.328 e. The summed E-state index contributed by atoms with van der Waals surface area (Å²) in [7, 11) is 0. The van der Waals surface area contributed by atoms with Crippen molar-refractivity contribution in [2.75, 3.05) is 19.6 Å². The van der Waals surface area contributed by atoms with E-state index in [0.29, 0.717) is 19.5 Å². The maximum Gasteiger partial charge on any atom is 0.328 e. The summed E-state index contributed by atoms with van der Waals surface area (Å²) < 4.78 is 2.00. The highest BCUT2D eigenvalue weighted by atomic mass is 32.2. The molecule has 2 heterocycles. The van der Waals surface area contributed by atoms with Gasteiger partial charge in [-0.1, -0.05) is 0 Å². The van der Waals surface area contributed by atoms with E-state index in [2.05, 4.69) is 15.6 Å². The maximum atomic E-state index is 12.0. The maximum absolute atomic E-state index is 12.0. The average Bonchev–Trinajstić information content (AvgIpc) is 2.47. The Morgan fingerprint density at radius 3 is 2.91 bits per heavy atom. The van der Waals surface area contributed by atoms with Crippen LogP contribution in [0.3, 0.4) is 0 Å². The number of hydrogen-bond acceptors (Lipinski definition) is 6. The first-order chi connectivity index (χ1) is 10.6. The van der Waals surface area contributed by atoms with Crippen molar-refractivity contribution in [2.24, 2.45) is 5.92 Å². The fraction of sp³-hybridized carbons (Fsp3) is 0.385. The summed E-state index contributed by atoms with van der Waals surface area (Å²) in [5, 5.41) is 13.7. The van der Waals surface area contributed by atoms with Crippen LogP contribution in [0.2, 0.25) is 0 Å². The van der Waals surface area contributed by atoms with Gasteiger partial charge in [0, 0.05) is 36.9 Å². The molecule has 0 bridgehead atoms. The molecule has 0 aromatic carbocycles. The molecule has 0 spiro atoms. The summed E-state index contributed by atoms with van der Waals surface area (Å²) in [6, 6.07) is 2.65. The van der Waals surface area contributed by atoms with E-state index in [1.165, 1.54) is 11.9 Å². The molecule has 0 saturated carbocycles. The molecule has 1 fully saturated rings. The van der Waals surface area contributed by atoms with Gasteiger partial charge in [0.1, 0.15) is 6.04 Å². The molecular formula is C13H16N4O4S. The number of aromatic nitrogens is 1. The first-order valence-electron chi connectivity index (χ1n) is 6.63. The molecule has 1 atom stereocenters. The van der Waals surface area contributed by atoms with Crippen molar-refractivity contribution >= 4 is 30.2 Å².